The fourth-order valence-corrected chi connectivity index (χ4v) is 6.67. The fraction of sp³-hybridized carbons (Fsp3) is 0.238. The predicted molar refractivity (Wildman–Crippen MR) is 195 cm³/mol. The van der Waals surface area contributed by atoms with Gasteiger partial charge >= 0.3 is 0 Å². The summed E-state index contributed by atoms with van der Waals surface area (Å²) in [6.07, 6.45) is 6.01. The SMILES string of the molecule is Cc1cc(Oc2ccc3c4ccccc4n(-c4cc(C)ccn4)c3c2)cc(-n2cc(-c3c(C(C)(C)C)cccc3C(C)(C)C)cn2)c1. The van der Waals surface area contributed by atoms with Crippen LogP contribution in [0.4, 0.5) is 0 Å². The standard InChI is InChI=1S/C42H42N4O/c1-27-18-19-43-39(22-27)46-37-15-10-9-12-33(37)34-17-16-31(24-38(34)46)47-32-21-28(2)20-30(23-32)45-26-29(25-44-45)40-35(41(3,4)5)13-11-14-36(40)42(6,7)8/h9-26H,1-8H3. The number of fused-ring (bicyclic) bond motifs is 3. The van der Waals surface area contributed by atoms with Gasteiger partial charge in [0.05, 0.1) is 22.9 Å². The Morgan fingerprint density at radius 3 is 2.09 bits per heavy atom. The molecule has 0 bridgehead atoms. The number of nitrogens with zero attached hydrogens (tertiary/aromatic N) is 4. The summed E-state index contributed by atoms with van der Waals surface area (Å²) in [5.41, 5.74) is 10.4. The molecule has 3 aromatic heterocycles. The highest BCUT2D eigenvalue weighted by molar-refractivity contribution is 6.09. The third-order valence-electron chi connectivity index (χ3n) is 8.86. The van der Waals surface area contributed by atoms with Crippen LogP contribution < -0.4 is 4.74 Å². The van der Waals surface area contributed by atoms with Gasteiger partial charge in [-0.15, -0.1) is 0 Å². The summed E-state index contributed by atoms with van der Waals surface area (Å²) in [4.78, 5) is 4.73. The number of hydrogen-bond donors (Lipinski definition) is 0. The number of benzene rings is 4. The van der Waals surface area contributed by atoms with E-state index in [1.807, 2.05) is 29.2 Å². The molecular formula is C42H42N4O. The molecule has 0 saturated heterocycles. The first-order valence-electron chi connectivity index (χ1n) is 16.3. The topological polar surface area (TPSA) is 44.9 Å². The molecule has 4 aromatic carbocycles. The van der Waals surface area contributed by atoms with E-state index in [-0.39, 0.29) is 10.8 Å². The van der Waals surface area contributed by atoms with Crippen molar-refractivity contribution < 1.29 is 4.74 Å². The van der Waals surface area contributed by atoms with Gasteiger partial charge in [0.2, 0.25) is 0 Å². The van der Waals surface area contributed by atoms with Crippen LogP contribution in [0.5, 0.6) is 11.5 Å². The predicted octanol–water partition coefficient (Wildman–Crippen LogP) is 11.0. The second-order valence-corrected chi connectivity index (χ2v) is 14.7. The molecule has 0 spiro atoms. The minimum absolute atomic E-state index is 0.00868. The molecule has 7 aromatic rings. The van der Waals surface area contributed by atoms with E-state index in [2.05, 4.69) is 145 Å². The van der Waals surface area contributed by atoms with Crippen LogP contribution >= 0.6 is 0 Å². The third kappa shape index (κ3) is 5.71. The van der Waals surface area contributed by atoms with Crippen molar-refractivity contribution in [1.29, 1.82) is 0 Å². The van der Waals surface area contributed by atoms with Gasteiger partial charge in [0, 0.05) is 40.9 Å². The van der Waals surface area contributed by atoms with Crippen molar-refractivity contribution in [2.24, 2.45) is 0 Å². The van der Waals surface area contributed by atoms with Gasteiger partial charge in [0.25, 0.3) is 0 Å². The van der Waals surface area contributed by atoms with Crippen LogP contribution in [-0.4, -0.2) is 19.3 Å². The highest BCUT2D eigenvalue weighted by Gasteiger charge is 2.27. The molecule has 7 rings (SSSR count). The Bertz CT molecular complexity index is 2240. The van der Waals surface area contributed by atoms with Crippen LogP contribution in [0.1, 0.15) is 63.8 Å². The second kappa shape index (κ2) is 11.3. The van der Waals surface area contributed by atoms with E-state index >= 15 is 0 Å². The third-order valence-corrected chi connectivity index (χ3v) is 8.86. The largest absolute Gasteiger partial charge is 0.457 e. The van der Waals surface area contributed by atoms with E-state index < -0.39 is 0 Å². The van der Waals surface area contributed by atoms with Crippen molar-refractivity contribution >= 4 is 21.8 Å². The Labute approximate surface area is 277 Å². The van der Waals surface area contributed by atoms with Crippen molar-refractivity contribution in [1.82, 2.24) is 19.3 Å². The molecule has 0 saturated carbocycles. The van der Waals surface area contributed by atoms with Gasteiger partial charge in [-0.05, 0) is 95.0 Å². The monoisotopic (exact) mass is 618 g/mol. The minimum atomic E-state index is -0.00868. The second-order valence-electron chi connectivity index (χ2n) is 14.7. The maximum absolute atomic E-state index is 6.58. The van der Waals surface area contributed by atoms with Crippen molar-refractivity contribution in [2.45, 2.75) is 66.2 Å². The molecule has 0 amide bonds. The van der Waals surface area contributed by atoms with E-state index in [1.165, 1.54) is 27.6 Å². The van der Waals surface area contributed by atoms with Crippen LogP contribution in [0, 0.1) is 13.8 Å². The molecule has 0 N–H and O–H groups in total. The van der Waals surface area contributed by atoms with E-state index in [1.54, 1.807) is 0 Å². The highest BCUT2D eigenvalue weighted by atomic mass is 16.5. The smallest absolute Gasteiger partial charge is 0.137 e. The van der Waals surface area contributed by atoms with Gasteiger partial charge in [0.15, 0.2) is 0 Å². The molecule has 0 fully saturated rings. The average molecular weight is 619 g/mol. The first kappa shape index (κ1) is 30.5. The summed E-state index contributed by atoms with van der Waals surface area (Å²) in [5, 5.41) is 7.22. The Balaban J connectivity index is 1.28. The highest BCUT2D eigenvalue weighted by Crippen LogP contribution is 2.41. The van der Waals surface area contributed by atoms with Crippen molar-refractivity contribution in [2.75, 3.05) is 0 Å². The normalized spacial score (nSPS) is 12.3. The van der Waals surface area contributed by atoms with Crippen LogP contribution in [0.15, 0.2) is 110 Å². The summed E-state index contributed by atoms with van der Waals surface area (Å²) < 4.78 is 10.8. The average Bonchev–Trinajstić information content (AvgIpc) is 3.63. The molecular weight excluding hydrogens is 576 g/mol. The van der Waals surface area contributed by atoms with E-state index in [9.17, 15) is 0 Å². The zero-order valence-corrected chi connectivity index (χ0v) is 28.6. The molecule has 0 aliphatic rings. The van der Waals surface area contributed by atoms with Crippen molar-refractivity contribution in [3.05, 3.63) is 132 Å². The Morgan fingerprint density at radius 1 is 0.638 bits per heavy atom. The van der Waals surface area contributed by atoms with Crippen molar-refractivity contribution in [3.63, 3.8) is 0 Å². The van der Waals surface area contributed by atoms with Crippen LogP contribution in [0.2, 0.25) is 0 Å². The lowest BCUT2D eigenvalue weighted by atomic mass is 9.75. The first-order valence-corrected chi connectivity index (χ1v) is 16.3. The molecule has 0 radical (unpaired) electrons. The van der Waals surface area contributed by atoms with E-state index in [0.717, 1.165) is 50.6 Å². The summed E-state index contributed by atoms with van der Waals surface area (Å²) in [6, 6.07) is 31.9. The number of aryl methyl sites for hydroxylation is 2. The number of aromatic nitrogens is 4. The zero-order valence-electron chi connectivity index (χ0n) is 28.6. The van der Waals surface area contributed by atoms with Crippen LogP contribution in [-0.2, 0) is 10.8 Å². The number of ether oxygens (including phenoxy) is 1. The molecule has 0 atom stereocenters. The maximum Gasteiger partial charge on any atom is 0.137 e. The zero-order chi connectivity index (χ0) is 33.1. The fourth-order valence-electron chi connectivity index (χ4n) is 6.67. The Morgan fingerprint density at radius 2 is 1.36 bits per heavy atom. The lowest BCUT2D eigenvalue weighted by molar-refractivity contribution is 0.482. The Kier molecular flexibility index (Phi) is 7.31. The maximum atomic E-state index is 6.58. The molecule has 3 heterocycles. The molecule has 0 unspecified atom stereocenters. The molecule has 236 valence electrons. The van der Waals surface area contributed by atoms with E-state index in [4.69, 9.17) is 14.8 Å². The van der Waals surface area contributed by atoms with Gasteiger partial charge in [-0.2, -0.15) is 5.10 Å². The molecule has 47 heavy (non-hydrogen) atoms. The number of hydrogen-bond acceptors (Lipinski definition) is 3. The lowest BCUT2D eigenvalue weighted by Gasteiger charge is -2.29. The van der Waals surface area contributed by atoms with Crippen LogP contribution in [0.25, 0.3) is 44.4 Å². The summed E-state index contributed by atoms with van der Waals surface area (Å²) in [7, 11) is 0. The summed E-state index contributed by atoms with van der Waals surface area (Å²) in [5.74, 6) is 2.42. The van der Waals surface area contributed by atoms with Crippen LogP contribution in [0.3, 0.4) is 0 Å². The van der Waals surface area contributed by atoms with Gasteiger partial charge < -0.3 is 4.74 Å². The quantitative estimate of drug-likeness (QED) is 0.193. The molecule has 0 aliphatic carbocycles. The number of rotatable bonds is 5. The van der Waals surface area contributed by atoms with Gasteiger partial charge in [-0.3, -0.25) is 4.57 Å². The molecule has 0 aliphatic heterocycles. The van der Waals surface area contributed by atoms with Gasteiger partial charge in [-0.1, -0.05) is 77.9 Å². The summed E-state index contributed by atoms with van der Waals surface area (Å²) in [6.45, 7) is 17.9. The van der Waals surface area contributed by atoms with Gasteiger partial charge in [0.1, 0.15) is 17.3 Å². The molecule has 5 nitrogen and oxygen atoms in total. The van der Waals surface area contributed by atoms with E-state index in [0.29, 0.717) is 0 Å². The number of para-hydroxylation sites is 1. The first-order chi connectivity index (χ1) is 22.4. The van der Waals surface area contributed by atoms with Crippen molar-refractivity contribution in [3.8, 4) is 34.1 Å². The lowest BCUT2D eigenvalue weighted by Crippen LogP contribution is -2.18. The number of pyridine rings is 1. The summed E-state index contributed by atoms with van der Waals surface area (Å²) >= 11 is 0. The van der Waals surface area contributed by atoms with Gasteiger partial charge in [-0.25, -0.2) is 9.67 Å². The minimum Gasteiger partial charge on any atom is -0.457 e. The molecule has 5 heteroatoms. The Hall–Kier alpha value is -5.16.